The van der Waals surface area contributed by atoms with Crippen molar-refractivity contribution in [3.05, 3.63) is 58.0 Å². The Morgan fingerprint density at radius 2 is 1.97 bits per heavy atom. The quantitative estimate of drug-likeness (QED) is 0.486. The molecule has 0 spiro atoms. The predicted molar refractivity (Wildman–Crippen MR) is 117 cm³/mol. The smallest absolute Gasteiger partial charge is 0.419 e. The number of nitrogens with two attached hydrogens (primary N) is 1. The molecule has 0 fully saturated rings. The van der Waals surface area contributed by atoms with Gasteiger partial charge in [-0.15, -0.1) is 0 Å². The van der Waals surface area contributed by atoms with Gasteiger partial charge in [0.05, 0.1) is 24.4 Å². The molecule has 4 rings (SSSR count). The van der Waals surface area contributed by atoms with E-state index in [9.17, 15) is 18.3 Å². The van der Waals surface area contributed by atoms with E-state index < -0.39 is 29.7 Å². The number of nitrogens with zero attached hydrogens (tertiary/aromatic N) is 1. The normalized spacial score (nSPS) is 17.2. The minimum Gasteiger partial charge on any atom is -0.493 e. The fourth-order valence-corrected chi connectivity index (χ4v) is 4.76. The Labute approximate surface area is 188 Å². The number of pyridine rings is 1. The van der Waals surface area contributed by atoms with Crippen molar-refractivity contribution < 1.29 is 23.0 Å². The third-order valence-electron chi connectivity index (χ3n) is 6.19. The average molecular weight is 468 g/mol. The first-order valence-electron chi connectivity index (χ1n) is 10.3. The summed E-state index contributed by atoms with van der Waals surface area (Å²) in [5.74, 6) is 0.532. The molecule has 2 unspecified atom stereocenters. The summed E-state index contributed by atoms with van der Waals surface area (Å²) >= 11 is 6.24. The van der Waals surface area contributed by atoms with Gasteiger partial charge in [-0.25, -0.2) is 0 Å². The number of halogens is 4. The van der Waals surface area contributed by atoms with Crippen LogP contribution in [0.5, 0.6) is 5.75 Å². The van der Waals surface area contributed by atoms with Crippen LogP contribution >= 0.6 is 11.6 Å². The van der Waals surface area contributed by atoms with E-state index in [-0.39, 0.29) is 5.69 Å². The number of hydrogen-bond acceptors (Lipinski definition) is 4. The molecule has 4 N–H and O–H groups in total. The molecule has 32 heavy (non-hydrogen) atoms. The molecule has 0 saturated heterocycles. The molecule has 172 valence electrons. The van der Waals surface area contributed by atoms with E-state index in [1.807, 2.05) is 0 Å². The van der Waals surface area contributed by atoms with Gasteiger partial charge in [0.15, 0.2) is 5.60 Å². The third-order valence-corrected chi connectivity index (χ3v) is 6.41. The van der Waals surface area contributed by atoms with Crippen LogP contribution in [-0.2, 0) is 11.8 Å². The second-order valence-electron chi connectivity index (χ2n) is 9.14. The van der Waals surface area contributed by atoms with Crippen LogP contribution in [0.25, 0.3) is 10.9 Å². The number of hydrogen-bond donors (Lipinski definition) is 3. The molecule has 3 aromatic rings. The van der Waals surface area contributed by atoms with Crippen LogP contribution in [0, 0.1) is 6.92 Å². The first kappa shape index (κ1) is 22.9. The van der Waals surface area contributed by atoms with Gasteiger partial charge in [-0.3, -0.25) is 4.98 Å². The van der Waals surface area contributed by atoms with Crippen LogP contribution < -0.4 is 10.5 Å². The number of ether oxygens (including phenoxy) is 1. The van der Waals surface area contributed by atoms with E-state index in [0.29, 0.717) is 40.3 Å². The highest BCUT2D eigenvalue weighted by Gasteiger charge is 2.60. The van der Waals surface area contributed by atoms with Crippen molar-refractivity contribution in [2.75, 3.05) is 6.61 Å². The van der Waals surface area contributed by atoms with E-state index in [4.69, 9.17) is 22.1 Å². The van der Waals surface area contributed by atoms with Gasteiger partial charge in [-0.1, -0.05) is 25.4 Å². The highest BCUT2D eigenvalue weighted by atomic mass is 35.5. The molecule has 1 aromatic carbocycles. The molecule has 2 aromatic heterocycles. The summed E-state index contributed by atoms with van der Waals surface area (Å²) in [6.45, 7) is 5.47. The van der Waals surface area contributed by atoms with Crippen molar-refractivity contribution in [2.24, 2.45) is 5.73 Å². The SMILES string of the molecule is Cc1cc2cc(C(N)C(O)(CC(C)(C)c3cc(Cl)cc4c3OCC4)C(F)(F)F)[nH]c2cn1. The molecule has 2 atom stereocenters. The van der Waals surface area contributed by atoms with Crippen LogP contribution in [0.4, 0.5) is 13.2 Å². The van der Waals surface area contributed by atoms with Gasteiger partial charge in [0.1, 0.15) is 5.75 Å². The van der Waals surface area contributed by atoms with Crippen LogP contribution in [0.15, 0.2) is 30.5 Å². The number of benzene rings is 1. The van der Waals surface area contributed by atoms with Gasteiger partial charge in [0.2, 0.25) is 0 Å². The lowest BCUT2D eigenvalue weighted by atomic mass is 9.71. The molecule has 1 aliphatic heterocycles. The molecule has 0 radical (unpaired) electrons. The number of fused-ring (bicyclic) bond motifs is 2. The maximum Gasteiger partial charge on any atom is 0.419 e. The fraction of sp³-hybridized carbons (Fsp3) is 0.435. The lowest BCUT2D eigenvalue weighted by molar-refractivity contribution is -0.275. The minimum atomic E-state index is -4.99. The molecule has 0 aliphatic carbocycles. The molecule has 0 bridgehead atoms. The zero-order valence-electron chi connectivity index (χ0n) is 18.0. The average Bonchev–Trinajstić information content (AvgIpc) is 3.31. The van der Waals surface area contributed by atoms with Gasteiger partial charge in [0.25, 0.3) is 0 Å². The maximum atomic E-state index is 14.3. The second kappa shape index (κ2) is 7.64. The summed E-state index contributed by atoms with van der Waals surface area (Å²) < 4.78 is 48.7. The van der Waals surface area contributed by atoms with Crippen molar-refractivity contribution in [3.63, 3.8) is 0 Å². The summed E-state index contributed by atoms with van der Waals surface area (Å²) in [4.78, 5) is 7.03. The number of nitrogens with one attached hydrogen (secondary N) is 1. The Kier molecular flexibility index (Phi) is 5.47. The van der Waals surface area contributed by atoms with Gasteiger partial charge >= 0.3 is 6.18 Å². The first-order chi connectivity index (χ1) is 14.8. The Morgan fingerprint density at radius 3 is 2.66 bits per heavy atom. The van der Waals surface area contributed by atoms with Crippen molar-refractivity contribution in [1.29, 1.82) is 0 Å². The summed E-state index contributed by atoms with van der Waals surface area (Å²) in [7, 11) is 0. The molecular weight excluding hydrogens is 443 g/mol. The minimum absolute atomic E-state index is 0.0793. The van der Waals surface area contributed by atoms with E-state index in [1.54, 1.807) is 39.0 Å². The van der Waals surface area contributed by atoms with Gasteiger partial charge < -0.3 is 20.6 Å². The van der Waals surface area contributed by atoms with E-state index in [0.717, 1.165) is 11.3 Å². The lowest BCUT2D eigenvalue weighted by Gasteiger charge is -2.41. The number of aromatic nitrogens is 2. The largest absolute Gasteiger partial charge is 0.493 e. The van der Waals surface area contributed by atoms with E-state index >= 15 is 0 Å². The van der Waals surface area contributed by atoms with Gasteiger partial charge in [0, 0.05) is 33.8 Å². The molecule has 1 aliphatic rings. The monoisotopic (exact) mass is 467 g/mol. The number of rotatable bonds is 5. The first-order valence-corrected chi connectivity index (χ1v) is 10.7. The van der Waals surface area contributed by atoms with Crippen LogP contribution in [0.2, 0.25) is 5.02 Å². The molecular formula is C23H25ClF3N3O2. The molecule has 0 amide bonds. The fourth-order valence-electron chi connectivity index (χ4n) is 4.52. The second-order valence-corrected chi connectivity index (χ2v) is 9.57. The molecule has 9 heteroatoms. The Bertz CT molecular complexity index is 1180. The number of alkyl halides is 3. The van der Waals surface area contributed by atoms with Crippen LogP contribution in [0.3, 0.4) is 0 Å². The van der Waals surface area contributed by atoms with Crippen molar-refractivity contribution in [2.45, 2.75) is 56.8 Å². The summed E-state index contributed by atoms with van der Waals surface area (Å²) in [6, 6.07) is 4.88. The van der Waals surface area contributed by atoms with Crippen molar-refractivity contribution in [3.8, 4) is 5.75 Å². The van der Waals surface area contributed by atoms with Crippen molar-refractivity contribution in [1.82, 2.24) is 9.97 Å². The topological polar surface area (TPSA) is 84.2 Å². The number of aryl methyl sites for hydroxylation is 1. The number of aromatic amines is 1. The lowest BCUT2D eigenvalue weighted by Crippen LogP contribution is -2.56. The van der Waals surface area contributed by atoms with E-state index in [1.165, 1.54) is 12.3 Å². The van der Waals surface area contributed by atoms with Crippen molar-refractivity contribution >= 4 is 22.5 Å². The Hall–Kier alpha value is -2.29. The van der Waals surface area contributed by atoms with E-state index in [2.05, 4.69) is 9.97 Å². The third kappa shape index (κ3) is 3.84. The van der Waals surface area contributed by atoms with Gasteiger partial charge in [-0.2, -0.15) is 13.2 Å². The zero-order chi connectivity index (χ0) is 23.5. The Balaban J connectivity index is 1.76. The van der Waals surface area contributed by atoms with Crippen LogP contribution in [0.1, 0.15) is 48.8 Å². The number of aliphatic hydroxyl groups is 1. The number of H-pyrrole nitrogens is 1. The molecule has 5 nitrogen and oxygen atoms in total. The summed E-state index contributed by atoms with van der Waals surface area (Å²) in [5, 5.41) is 12.2. The Morgan fingerprint density at radius 1 is 1.25 bits per heavy atom. The highest BCUT2D eigenvalue weighted by molar-refractivity contribution is 6.30. The summed E-state index contributed by atoms with van der Waals surface area (Å²) in [5.41, 5.74) is 4.46. The van der Waals surface area contributed by atoms with Crippen LogP contribution in [-0.4, -0.2) is 33.5 Å². The van der Waals surface area contributed by atoms with Gasteiger partial charge in [-0.05, 0) is 48.6 Å². The summed E-state index contributed by atoms with van der Waals surface area (Å²) in [6.07, 6.45) is -3.51. The highest BCUT2D eigenvalue weighted by Crippen LogP contribution is 2.49. The molecule has 0 saturated carbocycles. The zero-order valence-corrected chi connectivity index (χ0v) is 18.7. The maximum absolute atomic E-state index is 14.3. The predicted octanol–water partition coefficient (Wildman–Crippen LogP) is 5.12. The standard InChI is InChI=1S/C23H25ClF3N3O2/c1-12-6-14-8-17(30-18(14)10-29-12)20(28)22(31,23(25,26)27)11-21(2,3)16-9-15(24)7-13-4-5-32-19(13)16/h6-10,20,30-31H,4-5,11,28H2,1-3H3. The molecule has 3 heterocycles.